The van der Waals surface area contributed by atoms with Crippen LogP contribution < -0.4 is 0 Å². The Kier molecular flexibility index (Phi) is 2.00. The fraction of sp³-hybridized carbons (Fsp3) is 0.556. The van der Waals surface area contributed by atoms with Crippen molar-refractivity contribution < 1.29 is 14.8 Å². The second-order valence-corrected chi connectivity index (χ2v) is 3.40. The lowest BCUT2D eigenvalue weighted by Gasteiger charge is -2.26. The Balaban J connectivity index is 2.29. The highest BCUT2D eigenvalue weighted by atomic mass is 16.9. The second kappa shape index (κ2) is 2.92. The molecular formula is C9H13NO3. The molecule has 0 aromatic heterocycles. The summed E-state index contributed by atoms with van der Waals surface area (Å²) in [6.07, 6.45) is 7.68. The predicted octanol–water partition coefficient (Wildman–Crippen LogP) is 1.10. The Hall–Kier alpha value is -0.680. The van der Waals surface area contributed by atoms with Gasteiger partial charge in [0.05, 0.1) is 12.0 Å². The van der Waals surface area contributed by atoms with Crippen molar-refractivity contribution in [3.63, 3.8) is 0 Å². The minimum absolute atomic E-state index is 0.0347. The molecule has 2 aliphatic rings. The highest BCUT2D eigenvalue weighted by molar-refractivity contribution is 5.20. The summed E-state index contributed by atoms with van der Waals surface area (Å²) in [7, 11) is 1.57. The normalized spacial score (nSPS) is 43.9. The number of nitrogens with zero attached hydrogens (tertiary/aromatic N) is 1. The van der Waals surface area contributed by atoms with Crippen molar-refractivity contribution in [1.82, 2.24) is 5.23 Å². The van der Waals surface area contributed by atoms with Gasteiger partial charge in [-0.25, -0.2) is 4.84 Å². The van der Waals surface area contributed by atoms with Crippen LogP contribution in [0.2, 0.25) is 0 Å². The first-order chi connectivity index (χ1) is 6.17. The first-order valence-electron chi connectivity index (χ1n) is 4.25. The summed E-state index contributed by atoms with van der Waals surface area (Å²) in [5, 5.41) is 10.3. The standard InChI is InChI=1S/C9H13NO3/c1-9(12-2)7-5-3-4-6-8(7)10(11)13-9/h3-8,11H,1-2H3. The van der Waals surface area contributed by atoms with Gasteiger partial charge in [-0.3, -0.25) is 5.21 Å². The maximum Gasteiger partial charge on any atom is 0.195 e. The quantitative estimate of drug-likeness (QED) is 0.661. The molecule has 0 amide bonds. The average Bonchev–Trinajstić information content (AvgIpc) is 2.42. The molecule has 3 unspecified atom stereocenters. The van der Waals surface area contributed by atoms with Gasteiger partial charge in [0.25, 0.3) is 0 Å². The Morgan fingerprint density at radius 2 is 2.15 bits per heavy atom. The molecule has 0 bridgehead atoms. The summed E-state index contributed by atoms with van der Waals surface area (Å²) >= 11 is 0. The lowest BCUT2D eigenvalue weighted by Crippen LogP contribution is -2.35. The lowest BCUT2D eigenvalue weighted by molar-refractivity contribution is -0.395. The van der Waals surface area contributed by atoms with Crippen LogP contribution in [0.3, 0.4) is 0 Å². The minimum Gasteiger partial charge on any atom is -0.351 e. The zero-order valence-electron chi connectivity index (χ0n) is 7.68. The summed E-state index contributed by atoms with van der Waals surface area (Å²) in [6, 6.07) is -0.144. The molecule has 4 nitrogen and oxygen atoms in total. The van der Waals surface area contributed by atoms with Crippen molar-refractivity contribution in [1.29, 1.82) is 0 Å². The molecule has 0 saturated carbocycles. The van der Waals surface area contributed by atoms with E-state index in [-0.39, 0.29) is 12.0 Å². The molecule has 0 aromatic carbocycles. The Morgan fingerprint density at radius 1 is 1.46 bits per heavy atom. The maximum atomic E-state index is 9.44. The highest BCUT2D eigenvalue weighted by Gasteiger charge is 2.50. The molecular weight excluding hydrogens is 170 g/mol. The van der Waals surface area contributed by atoms with Gasteiger partial charge in [0.2, 0.25) is 0 Å². The Labute approximate surface area is 77.0 Å². The van der Waals surface area contributed by atoms with Crippen molar-refractivity contribution in [2.75, 3.05) is 7.11 Å². The van der Waals surface area contributed by atoms with Crippen molar-refractivity contribution in [2.45, 2.75) is 18.8 Å². The molecule has 1 aliphatic carbocycles. The van der Waals surface area contributed by atoms with Crippen LogP contribution >= 0.6 is 0 Å². The first-order valence-corrected chi connectivity index (χ1v) is 4.25. The fourth-order valence-corrected chi connectivity index (χ4v) is 1.77. The van der Waals surface area contributed by atoms with Gasteiger partial charge in [-0.1, -0.05) is 29.5 Å². The van der Waals surface area contributed by atoms with Crippen molar-refractivity contribution in [3.05, 3.63) is 24.3 Å². The van der Waals surface area contributed by atoms with E-state index in [4.69, 9.17) is 9.57 Å². The van der Waals surface area contributed by atoms with E-state index < -0.39 is 5.79 Å². The van der Waals surface area contributed by atoms with Gasteiger partial charge in [-0.15, -0.1) is 0 Å². The number of ether oxygens (including phenoxy) is 1. The smallest absolute Gasteiger partial charge is 0.195 e. The van der Waals surface area contributed by atoms with E-state index in [2.05, 4.69) is 0 Å². The molecule has 13 heavy (non-hydrogen) atoms. The van der Waals surface area contributed by atoms with E-state index in [9.17, 15) is 5.21 Å². The van der Waals surface area contributed by atoms with Crippen molar-refractivity contribution >= 4 is 0 Å². The molecule has 1 saturated heterocycles. The van der Waals surface area contributed by atoms with Crippen LogP contribution in [0.5, 0.6) is 0 Å². The first kappa shape index (κ1) is 8.90. The molecule has 3 atom stereocenters. The zero-order chi connectivity index (χ0) is 9.47. The summed E-state index contributed by atoms with van der Waals surface area (Å²) in [4.78, 5) is 5.21. The van der Waals surface area contributed by atoms with Crippen LogP contribution in [0.1, 0.15) is 6.92 Å². The van der Waals surface area contributed by atoms with Crippen LogP contribution in [-0.2, 0) is 9.57 Å². The topological polar surface area (TPSA) is 41.9 Å². The molecule has 1 aliphatic heterocycles. The predicted molar refractivity (Wildman–Crippen MR) is 45.7 cm³/mol. The minimum atomic E-state index is -0.763. The number of hydrogen-bond acceptors (Lipinski definition) is 4. The van der Waals surface area contributed by atoms with E-state index in [1.165, 1.54) is 0 Å². The SMILES string of the molecule is COC1(C)ON(O)C2C=CC=CC21. The van der Waals surface area contributed by atoms with Crippen LogP contribution in [0.25, 0.3) is 0 Å². The van der Waals surface area contributed by atoms with Crippen LogP contribution in [0.4, 0.5) is 0 Å². The summed E-state index contributed by atoms with van der Waals surface area (Å²) in [6.45, 7) is 1.81. The van der Waals surface area contributed by atoms with Crippen LogP contribution in [0, 0.1) is 5.92 Å². The van der Waals surface area contributed by atoms with Crippen molar-refractivity contribution in [3.8, 4) is 0 Å². The molecule has 0 spiro atoms. The second-order valence-electron chi connectivity index (χ2n) is 3.40. The van der Waals surface area contributed by atoms with Gasteiger partial charge in [0.15, 0.2) is 5.79 Å². The average molecular weight is 183 g/mol. The summed E-state index contributed by atoms with van der Waals surface area (Å²) in [5.41, 5.74) is 0. The molecule has 1 fully saturated rings. The number of hydroxylamine groups is 2. The summed E-state index contributed by atoms with van der Waals surface area (Å²) in [5.74, 6) is -0.728. The summed E-state index contributed by atoms with van der Waals surface area (Å²) < 4.78 is 5.23. The molecule has 1 N–H and O–H groups in total. The van der Waals surface area contributed by atoms with Gasteiger partial charge >= 0.3 is 0 Å². The van der Waals surface area contributed by atoms with Gasteiger partial charge in [0, 0.05) is 7.11 Å². The van der Waals surface area contributed by atoms with Gasteiger partial charge in [-0.05, 0) is 6.92 Å². The maximum absolute atomic E-state index is 9.44. The van der Waals surface area contributed by atoms with E-state index in [0.29, 0.717) is 0 Å². The number of fused-ring (bicyclic) bond motifs is 1. The monoisotopic (exact) mass is 183 g/mol. The van der Waals surface area contributed by atoms with E-state index >= 15 is 0 Å². The lowest BCUT2D eigenvalue weighted by atomic mass is 9.90. The third-order valence-corrected chi connectivity index (χ3v) is 2.65. The van der Waals surface area contributed by atoms with Gasteiger partial charge in [0.1, 0.15) is 0 Å². The molecule has 0 radical (unpaired) electrons. The Bertz CT molecular complexity index is 264. The molecule has 2 rings (SSSR count). The van der Waals surface area contributed by atoms with Crippen LogP contribution in [0.15, 0.2) is 24.3 Å². The van der Waals surface area contributed by atoms with Gasteiger partial charge < -0.3 is 4.74 Å². The highest BCUT2D eigenvalue weighted by Crippen LogP contribution is 2.38. The molecule has 0 aromatic rings. The Morgan fingerprint density at radius 3 is 2.85 bits per heavy atom. The number of allylic oxidation sites excluding steroid dienone is 2. The largest absolute Gasteiger partial charge is 0.351 e. The zero-order valence-corrected chi connectivity index (χ0v) is 7.68. The van der Waals surface area contributed by atoms with Crippen molar-refractivity contribution in [2.24, 2.45) is 5.92 Å². The number of hydrogen-bond donors (Lipinski definition) is 1. The molecule has 72 valence electrons. The fourth-order valence-electron chi connectivity index (χ4n) is 1.77. The third-order valence-electron chi connectivity index (χ3n) is 2.65. The van der Waals surface area contributed by atoms with E-state index in [0.717, 1.165) is 5.23 Å². The molecule has 1 heterocycles. The van der Waals surface area contributed by atoms with E-state index in [1.54, 1.807) is 7.11 Å². The number of methoxy groups -OCH3 is 1. The third kappa shape index (κ3) is 1.23. The number of rotatable bonds is 1. The molecule has 4 heteroatoms. The van der Waals surface area contributed by atoms with Crippen LogP contribution in [-0.4, -0.2) is 29.4 Å². The van der Waals surface area contributed by atoms with Gasteiger partial charge in [-0.2, -0.15) is 0 Å². The van der Waals surface area contributed by atoms with E-state index in [1.807, 2.05) is 31.2 Å².